The van der Waals surface area contributed by atoms with E-state index in [0.29, 0.717) is 11.4 Å². The Morgan fingerprint density at radius 2 is 1.81 bits per heavy atom. The fourth-order valence-electron chi connectivity index (χ4n) is 3.37. The second-order valence-corrected chi connectivity index (χ2v) is 7.07. The van der Waals surface area contributed by atoms with E-state index >= 15 is 0 Å². The third kappa shape index (κ3) is 3.53. The van der Waals surface area contributed by atoms with Crippen molar-refractivity contribution < 1.29 is 0 Å². The topological polar surface area (TPSA) is 50.2 Å². The molecular weight excluding hydrogens is 358 g/mol. The Balaban J connectivity index is 1.95. The Hall–Kier alpha value is -2.85. The lowest BCUT2D eigenvalue weighted by Gasteiger charge is -2.06. The lowest BCUT2D eigenvalue weighted by Crippen LogP contribution is -2.15. The lowest BCUT2D eigenvalue weighted by atomic mass is 10.0. The smallest absolute Gasteiger partial charge is 0.274 e. The van der Waals surface area contributed by atoms with Crippen molar-refractivity contribution in [2.45, 2.75) is 26.2 Å². The van der Waals surface area contributed by atoms with Crippen LogP contribution >= 0.6 is 11.6 Å². The molecule has 27 heavy (non-hydrogen) atoms. The van der Waals surface area contributed by atoms with Crippen LogP contribution in [0.1, 0.15) is 30.3 Å². The van der Waals surface area contributed by atoms with Crippen LogP contribution in [-0.2, 0) is 12.8 Å². The summed E-state index contributed by atoms with van der Waals surface area (Å²) in [5.74, 6) is 0. The van der Waals surface area contributed by atoms with Crippen molar-refractivity contribution in [1.82, 2.24) is 14.6 Å². The molecule has 2 aromatic carbocycles. The molecule has 0 aliphatic heterocycles. The molecule has 2 aromatic heterocycles. The Labute approximate surface area is 162 Å². The van der Waals surface area contributed by atoms with Crippen molar-refractivity contribution in [3.8, 4) is 11.1 Å². The first-order valence-electron chi connectivity index (χ1n) is 9.09. The van der Waals surface area contributed by atoms with Crippen molar-refractivity contribution in [2.24, 2.45) is 0 Å². The zero-order chi connectivity index (χ0) is 18.8. The third-order valence-electron chi connectivity index (χ3n) is 4.61. The Kier molecular flexibility index (Phi) is 4.82. The number of benzene rings is 2. The van der Waals surface area contributed by atoms with Crippen LogP contribution in [0.2, 0.25) is 5.02 Å². The molecule has 0 unspecified atom stereocenters. The van der Waals surface area contributed by atoms with Crippen LogP contribution in [0.4, 0.5) is 0 Å². The minimum atomic E-state index is -0.110. The highest BCUT2D eigenvalue weighted by atomic mass is 35.5. The monoisotopic (exact) mass is 377 g/mol. The molecule has 0 radical (unpaired) electrons. The summed E-state index contributed by atoms with van der Waals surface area (Å²) in [5.41, 5.74) is 5.51. The minimum Gasteiger partial charge on any atom is -0.343 e. The number of aryl methyl sites for hydroxylation is 1. The molecule has 0 aliphatic rings. The highest BCUT2D eigenvalue weighted by Crippen LogP contribution is 2.29. The molecule has 0 saturated heterocycles. The summed E-state index contributed by atoms with van der Waals surface area (Å²) in [7, 11) is 0. The second-order valence-electron chi connectivity index (χ2n) is 6.63. The van der Waals surface area contributed by atoms with Gasteiger partial charge in [0.2, 0.25) is 0 Å². The average molecular weight is 378 g/mol. The summed E-state index contributed by atoms with van der Waals surface area (Å²) < 4.78 is 1.47. The maximum Gasteiger partial charge on any atom is 0.274 e. The summed E-state index contributed by atoms with van der Waals surface area (Å²) in [4.78, 5) is 16.1. The van der Waals surface area contributed by atoms with Gasteiger partial charge in [-0.1, -0.05) is 67.4 Å². The summed E-state index contributed by atoms with van der Waals surface area (Å²) in [6, 6.07) is 19.5. The van der Waals surface area contributed by atoms with Gasteiger partial charge in [0.1, 0.15) is 5.65 Å². The van der Waals surface area contributed by atoms with Crippen LogP contribution in [0.5, 0.6) is 0 Å². The van der Waals surface area contributed by atoms with E-state index in [0.717, 1.165) is 46.6 Å². The van der Waals surface area contributed by atoms with Gasteiger partial charge >= 0.3 is 0 Å². The first-order valence-corrected chi connectivity index (χ1v) is 9.47. The van der Waals surface area contributed by atoms with Gasteiger partial charge in [-0.2, -0.15) is 9.61 Å². The average Bonchev–Trinajstić information content (AvgIpc) is 3.02. The number of H-pyrrole nitrogens is 1. The van der Waals surface area contributed by atoms with Crippen LogP contribution in [0.15, 0.2) is 65.5 Å². The molecule has 1 N–H and O–H groups in total. The lowest BCUT2D eigenvalue weighted by molar-refractivity contribution is 0.827. The van der Waals surface area contributed by atoms with E-state index in [2.05, 4.69) is 29.1 Å². The largest absolute Gasteiger partial charge is 0.343 e. The second kappa shape index (κ2) is 7.41. The van der Waals surface area contributed by atoms with Crippen molar-refractivity contribution >= 4 is 17.2 Å². The van der Waals surface area contributed by atoms with E-state index in [1.807, 2.05) is 42.5 Å². The van der Waals surface area contributed by atoms with Gasteiger partial charge in [0.15, 0.2) is 0 Å². The van der Waals surface area contributed by atoms with Crippen molar-refractivity contribution in [1.29, 1.82) is 0 Å². The molecule has 0 saturated carbocycles. The summed E-state index contributed by atoms with van der Waals surface area (Å²) in [5, 5.41) is 5.33. The molecule has 4 rings (SSSR count). The fourth-order valence-corrected chi connectivity index (χ4v) is 3.50. The van der Waals surface area contributed by atoms with Crippen LogP contribution in [0, 0.1) is 0 Å². The van der Waals surface area contributed by atoms with E-state index < -0.39 is 0 Å². The van der Waals surface area contributed by atoms with Crippen molar-refractivity contribution in [3.05, 3.63) is 93.0 Å². The molecule has 2 heterocycles. The Morgan fingerprint density at radius 1 is 1.07 bits per heavy atom. The predicted octanol–water partition coefficient (Wildman–Crippen LogP) is 4.89. The Bertz CT molecular complexity index is 1130. The van der Waals surface area contributed by atoms with Crippen molar-refractivity contribution in [3.63, 3.8) is 0 Å². The normalized spacial score (nSPS) is 11.2. The van der Waals surface area contributed by atoms with Gasteiger partial charge < -0.3 is 4.98 Å². The fraction of sp³-hybridized carbons (Fsp3) is 0.182. The SMILES string of the molecule is CCCc1cc(=O)n2nc(Cc3ccccc3)c(-c3ccc(Cl)cc3)c2[nH]1. The Morgan fingerprint density at radius 3 is 2.52 bits per heavy atom. The highest BCUT2D eigenvalue weighted by Gasteiger charge is 2.18. The van der Waals surface area contributed by atoms with E-state index in [-0.39, 0.29) is 5.56 Å². The molecule has 0 fully saturated rings. The number of rotatable bonds is 5. The molecular formula is C22H20ClN3O. The van der Waals surface area contributed by atoms with Gasteiger partial charge in [-0.3, -0.25) is 4.79 Å². The summed E-state index contributed by atoms with van der Waals surface area (Å²) >= 11 is 6.07. The van der Waals surface area contributed by atoms with Crippen LogP contribution in [0.25, 0.3) is 16.8 Å². The van der Waals surface area contributed by atoms with Gasteiger partial charge in [-0.25, -0.2) is 0 Å². The van der Waals surface area contributed by atoms with Gasteiger partial charge in [-0.05, 0) is 29.7 Å². The van der Waals surface area contributed by atoms with Crippen molar-refractivity contribution in [2.75, 3.05) is 0 Å². The number of fused-ring (bicyclic) bond motifs is 1. The number of nitrogens with one attached hydrogen (secondary N) is 1. The van der Waals surface area contributed by atoms with Gasteiger partial charge in [0, 0.05) is 28.8 Å². The van der Waals surface area contributed by atoms with E-state index in [1.165, 1.54) is 4.52 Å². The first kappa shape index (κ1) is 17.6. The molecule has 0 atom stereocenters. The standard InChI is InChI=1S/C22H20ClN3O/c1-2-6-18-14-20(27)26-22(24-18)21(16-9-11-17(23)12-10-16)19(25-26)13-15-7-4-3-5-8-15/h3-5,7-12,14,24H,2,6,13H2,1H3. The van der Waals surface area contributed by atoms with Gasteiger partial charge in [-0.15, -0.1) is 0 Å². The molecule has 5 heteroatoms. The van der Waals surface area contributed by atoms with E-state index in [4.69, 9.17) is 11.6 Å². The summed E-state index contributed by atoms with van der Waals surface area (Å²) in [6.07, 6.45) is 2.44. The van der Waals surface area contributed by atoms with Gasteiger partial charge in [0.25, 0.3) is 5.56 Å². The molecule has 0 amide bonds. The van der Waals surface area contributed by atoms with E-state index in [9.17, 15) is 4.79 Å². The van der Waals surface area contributed by atoms with Crippen LogP contribution < -0.4 is 5.56 Å². The maximum atomic E-state index is 12.6. The summed E-state index contributed by atoms with van der Waals surface area (Å²) in [6.45, 7) is 2.10. The number of hydrogen-bond acceptors (Lipinski definition) is 2. The highest BCUT2D eigenvalue weighted by molar-refractivity contribution is 6.30. The number of hydrogen-bond donors (Lipinski definition) is 1. The zero-order valence-electron chi connectivity index (χ0n) is 15.1. The predicted molar refractivity (Wildman–Crippen MR) is 110 cm³/mol. The molecule has 136 valence electrons. The number of nitrogens with zero attached hydrogens (tertiary/aromatic N) is 2. The third-order valence-corrected chi connectivity index (χ3v) is 4.86. The molecule has 0 spiro atoms. The minimum absolute atomic E-state index is 0.110. The number of aromatic amines is 1. The maximum absolute atomic E-state index is 12.6. The number of aromatic nitrogens is 3. The molecule has 4 aromatic rings. The molecule has 0 aliphatic carbocycles. The van der Waals surface area contributed by atoms with E-state index in [1.54, 1.807) is 6.07 Å². The number of halogens is 1. The zero-order valence-corrected chi connectivity index (χ0v) is 15.8. The van der Waals surface area contributed by atoms with Gasteiger partial charge in [0.05, 0.1) is 5.69 Å². The molecule has 4 nitrogen and oxygen atoms in total. The quantitative estimate of drug-likeness (QED) is 0.538. The molecule has 0 bridgehead atoms. The van der Waals surface area contributed by atoms with Crippen LogP contribution in [0.3, 0.4) is 0 Å². The van der Waals surface area contributed by atoms with Crippen LogP contribution in [-0.4, -0.2) is 14.6 Å². The first-order chi connectivity index (χ1) is 13.2.